The molecule has 0 bridgehead atoms. The Morgan fingerprint density at radius 1 is 1.24 bits per heavy atom. The first-order valence-electron chi connectivity index (χ1n) is 10.2. The Kier molecular flexibility index (Phi) is 6.24. The Labute approximate surface area is 194 Å². The first kappa shape index (κ1) is 23.0. The molecule has 2 fully saturated rings. The lowest BCUT2D eigenvalue weighted by Gasteiger charge is -2.37. The number of urea groups is 1. The molecule has 0 radical (unpaired) electrons. The van der Waals surface area contributed by atoms with Gasteiger partial charge in [-0.15, -0.1) is 0 Å². The average molecular weight is 477 g/mol. The molecule has 4 rings (SSSR count). The molecule has 0 spiro atoms. The van der Waals surface area contributed by atoms with Gasteiger partial charge in [0, 0.05) is 17.3 Å². The van der Waals surface area contributed by atoms with Gasteiger partial charge in [-0.2, -0.15) is 0 Å². The molecule has 2 heterocycles. The van der Waals surface area contributed by atoms with Gasteiger partial charge in [0.2, 0.25) is 0 Å². The van der Waals surface area contributed by atoms with E-state index in [0.29, 0.717) is 10.7 Å². The number of rotatable bonds is 4. The molecule has 0 aromatic heterocycles. The van der Waals surface area contributed by atoms with E-state index in [-0.39, 0.29) is 43.6 Å². The third kappa shape index (κ3) is 4.01. The van der Waals surface area contributed by atoms with Crippen LogP contribution < -0.4 is 16.0 Å². The number of hydrogen-bond acceptors (Lipinski definition) is 5. The van der Waals surface area contributed by atoms with Crippen molar-refractivity contribution >= 4 is 40.8 Å². The lowest BCUT2D eigenvalue weighted by Crippen LogP contribution is -2.58. The van der Waals surface area contributed by atoms with Crippen LogP contribution in [0.15, 0.2) is 42.5 Å². The van der Waals surface area contributed by atoms with Gasteiger partial charge in [0.15, 0.2) is 5.54 Å². The number of morpholine rings is 1. The quantitative estimate of drug-likeness (QED) is 0.703. The van der Waals surface area contributed by atoms with E-state index < -0.39 is 29.4 Å². The standard InChI is InChI=1S/C22H22ClFN4O5/c1-13-22(20(25)30,28(12-33-13)21(31)26-16-5-3-15(23)4-6-16)14-2-7-18(17(24)10-14)27-8-9-32-11-19(27)29/h2-7,10,13H,8-9,11-12H2,1H3,(H2,25,30)(H,26,31)/t13-,22-/m0/s1. The number of nitrogens with one attached hydrogen (secondary N) is 1. The molecule has 0 saturated carbocycles. The van der Waals surface area contributed by atoms with Gasteiger partial charge in [-0.1, -0.05) is 17.7 Å². The first-order valence-corrected chi connectivity index (χ1v) is 10.6. The van der Waals surface area contributed by atoms with E-state index in [0.717, 1.165) is 11.0 Å². The molecular weight excluding hydrogens is 455 g/mol. The molecule has 3 N–H and O–H groups in total. The predicted octanol–water partition coefficient (Wildman–Crippen LogP) is 2.43. The van der Waals surface area contributed by atoms with Crippen molar-refractivity contribution in [1.29, 1.82) is 0 Å². The van der Waals surface area contributed by atoms with Crippen LogP contribution in [0, 0.1) is 5.82 Å². The summed E-state index contributed by atoms with van der Waals surface area (Å²) >= 11 is 5.88. The minimum Gasteiger partial charge on any atom is -0.370 e. The largest absolute Gasteiger partial charge is 0.370 e. The number of anilines is 2. The maximum Gasteiger partial charge on any atom is 0.324 e. The van der Waals surface area contributed by atoms with Gasteiger partial charge in [0.25, 0.3) is 11.8 Å². The summed E-state index contributed by atoms with van der Waals surface area (Å²) in [4.78, 5) is 40.4. The molecule has 2 aliphatic rings. The second kappa shape index (κ2) is 8.97. The van der Waals surface area contributed by atoms with Crippen LogP contribution in [0.25, 0.3) is 0 Å². The SMILES string of the molecule is C[C@@H]1OCN(C(=O)Nc2ccc(Cl)cc2)[C@]1(C(N)=O)c1ccc(N2CCOCC2=O)c(F)c1. The van der Waals surface area contributed by atoms with E-state index in [1.54, 1.807) is 31.2 Å². The molecule has 2 saturated heterocycles. The van der Waals surface area contributed by atoms with E-state index in [1.165, 1.54) is 17.0 Å². The van der Waals surface area contributed by atoms with E-state index in [1.807, 2.05) is 0 Å². The van der Waals surface area contributed by atoms with Crippen LogP contribution in [-0.2, 0) is 24.6 Å². The summed E-state index contributed by atoms with van der Waals surface area (Å²) in [7, 11) is 0. The molecule has 2 atom stereocenters. The summed E-state index contributed by atoms with van der Waals surface area (Å²) in [5.74, 6) is -1.99. The molecule has 0 aliphatic carbocycles. The average Bonchev–Trinajstić information content (AvgIpc) is 3.14. The van der Waals surface area contributed by atoms with Crippen LogP contribution in [0.3, 0.4) is 0 Å². The van der Waals surface area contributed by atoms with Crippen LogP contribution in [0.4, 0.5) is 20.6 Å². The highest BCUT2D eigenvalue weighted by atomic mass is 35.5. The number of carbonyl (C=O) groups is 3. The van der Waals surface area contributed by atoms with Crippen molar-refractivity contribution in [3.8, 4) is 0 Å². The normalized spacial score (nSPS) is 23.0. The fraction of sp³-hybridized carbons (Fsp3) is 0.318. The zero-order chi connectivity index (χ0) is 23.8. The zero-order valence-corrected chi connectivity index (χ0v) is 18.5. The maximum atomic E-state index is 15.2. The molecule has 4 amide bonds. The van der Waals surface area contributed by atoms with Gasteiger partial charge < -0.3 is 25.4 Å². The van der Waals surface area contributed by atoms with E-state index in [2.05, 4.69) is 5.32 Å². The lowest BCUT2D eigenvalue weighted by atomic mass is 9.83. The van der Waals surface area contributed by atoms with Crippen molar-refractivity contribution in [3.05, 3.63) is 58.9 Å². The van der Waals surface area contributed by atoms with E-state index in [4.69, 9.17) is 26.8 Å². The topological polar surface area (TPSA) is 114 Å². The second-order valence-corrected chi connectivity index (χ2v) is 8.13. The molecular formula is C22H22ClFN4O5. The summed E-state index contributed by atoms with van der Waals surface area (Å²) in [6.07, 6.45) is -0.860. The zero-order valence-electron chi connectivity index (χ0n) is 17.7. The Morgan fingerprint density at radius 2 is 1.97 bits per heavy atom. The Morgan fingerprint density at radius 3 is 2.61 bits per heavy atom. The number of nitrogens with two attached hydrogens (primary N) is 1. The lowest BCUT2D eigenvalue weighted by molar-refractivity contribution is -0.129. The summed E-state index contributed by atoms with van der Waals surface area (Å²) in [6, 6.07) is 9.70. The first-order chi connectivity index (χ1) is 15.7. The summed E-state index contributed by atoms with van der Waals surface area (Å²) in [6.45, 7) is 1.68. The number of carbonyl (C=O) groups excluding carboxylic acids is 3. The minimum absolute atomic E-state index is 0.0513. The summed E-state index contributed by atoms with van der Waals surface area (Å²) < 4.78 is 25.9. The molecule has 0 unspecified atom stereocenters. The van der Waals surface area contributed by atoms with Crippen molar-refractivity contribution in [2.75, 3.05) is 36.7 Å². The third-order valence-electron chi connectivity index (χ3n) is 5.85. The highest BCUT2D eigenvalue weighted by Gasteiger charge is 2.56. The summed E-state index contributed by atoms with van der Waals surface area (Å²) in [5.41, 5.74) is 4.64. The van der Waals surface area contributed by atoms with E-state index >= 15 is 4.39 Å². The Hall–Kier alpha value is -3.21. The molecule has 174 valence electrons. The Balaban J connectivity index is 1.70. The van der Waals surface area contributed by atoms with Crippen molar-refractivity contribution in [2.24, 2.45) is 5.73 Å². The van der Waals surface area contributed by atoms with Crippen LogP contribution >= 0.6 is 11.6 Å². The molecule has 33 heavy (non-hydrogen) atoms. The predicted molar refractivity (Wildman–Crippen MR) is 118 cm³/mol. The molecule has 9 nitrogen and oxygen atoms in total. The number of ether oxygens (including phenoxy) is 2. The Bertz CT molecular complexity index is 1100. The van der Waals surface area contributed by atoms with Crippen molar-refractivity contribution < 1.29 is 28.2 Å². The molecule has 2 aromatic carbocycles. The highest BCUT2D eigenvalue weighted by molar-refractivity contribution is 6.30. The van der Waals surface area contributed by atoms with E-state index in [9.17, 15) is 14.4 Å². The van der Waals surface area contributed by atoms with Gasteiger partial charge in [-0.05, 0) is 48.9 Å². The second-order valence-electron chi connectivity index (χ2n) is 7.70. The number of primary amides is 1. The molecule has 11 heteroatoms. The minimum atomic E-state index is -1.77. The fourth-order valence-electron chi connectivity index (χ4n) is 4.17. The van der Waals surface area contributed by atoms with Gasteiger partial charge in [0.1, 0.15) is 19.2 Å². The molecule has 2 aromatic rings. The monoisotopic (exact) mass is 476 g/mol. The number of amides is 4. The van der Waals surface area contributed by atoms with Crippen LogP contribution in [0.5, 0.6) is 0 Å². The van der Waals surface area contributed by atoms with Gasteiger partial charge in [-0.25, -0.2) is 9.18 Å². The summed E-state index contributed by atoms with van der Waals surface area (Å²) in [5, 5.41) is 3.17. The fourth-order valence-corrected chi connectivity index (χ4v) is 4.30. The maximum absolute atomic E-state index is 15.2. The van der Waals surface area contributed by atoms with Crippen molar-refractivity contribution in [3.63, 3.8) is 0 Å². The van der Waals surface area contributed by atoms with Crippen molar-refractivity contribution in [2.45, 2.75) is 18.6 Å². The van der Waals surface area contributed by atoms with Gasteiger partial charge in [-0.3, -0.25) is 14.5 Å². The van der Waals surface area contributed by atoms with Crippen LogP contribution in [0.1, 0.15) is 12.5 Å². The smallest absolute Gasteiger partial charge is 0.324 e. The van der Waals surface area contributed by atoms with Crippen molar-refractivity contribution in [1.82, 2.24) is 4.90 Å². The number of benzene rings is 2. The molecule has 2 aliphatic heterocycles. The highest BCUT2D eigenvalue weighted by Crippen LogP contribution is 2.40. The van der Waals surface area contributed by atoms with Gasteiger partial charge >= 0.3 is 6.03 Å². The van der Waals surface area contributed by atoms with Crippen LogP contribution in [0.2, 0.25) is 5.02 Å². The number of hydrogen-bond donors (Lipinski definition) is 2. The number of nitrogens with zero attached hydrogens (tertiary/aromatic N) is 2. The van der Waals surface area contributed by atoms with Crippen LogP contribution in [-0.4, -0.2) is 55.3 Å². The third-order valence-corrected chi connectivity index (χ3v) is 6.10. The number of halogens is 2. The van der Waals surface area contributed by atoms with Gasteiger partial charge in [0.05, 0.1) is 18.4 Å².